The molecule has 3 aromatic rings. The van der Waals surface area contributed by atoms with E-state index in [0.717, 1.165) is 24.8 Å². The van der Waals surface area contributed by atoms with Crippen LogP contribution in [0.1, 0.15) is 35.2 Å². The molecule has 2 heterocycles. The third-order valence-corrected chi connectivity index (χ3v) is 6.54. The van der Waals surface area contributed by atoms with Gasteiger partial charge in [0.15, 0.2) is 0 Å². The van der Waals surface area contributed by atoms with Crippen molar-refractivity contribution >= 4 is 33.1 Å². The summed E-state index contributed by atoms with van der Waals surface area (Å²) < 4.78 is 0. The Hall–Kier alpha value is -3.02. The Kier molecular flexibility index (Phi) is 5.66. The molecular formula is C22H23N5O2S. The van der Waals surface area contributed by atoms with Crippen LogP contribution in [0.5, 0.6) is 0 Å². The zero-order valence-corrected chi connectivity index (χ0v) is 17.8. The van der Waals surface area contributed by atoms with Crippen molar-refractivity contribution in [2.75, 3.05) is 18.9 Å². The van der Waals surface area contributed by atoms with Crippen molar-refractivity contribution in [1.29, 1.82) is 5.26 Å². The van der Waals surface area contributed by atoms with E-state index in [9.17, 15) is 14.9 Å². The van der Waals surface area contributed by atoms with E-state index >= 15 is 0 Å². The lowest BCUT2D eigenvalue weighted by Crippen LogP contribution is -2.31. The van der Waals surface area contributed by atoms with Crippen molar-refractivity contribution in [3.05, 3.63) is 56.4 Å². The largest absolute Gasteiger partial charge is 0.315 e. The molecule has 0 fully saturated rings. The Labute approximate surface area is 178 Å². The van der Waals surface area contributed by atoms with Crippen molar-refractivity contribution < 1.29 is 4.79 Å². The second-order valence-electron chi connectivity index (χ2n) is 7.92. The number of likely N-dealkylation sites (N-methyl/N-ethyl adjacent to an activating group) is 1. The number of benzene rings is 1. The molecule has 2 N–H and O–H groups in total. The van der Waals surface area contributed by atoms with Gasteiger partial charge in [-0.2, -0.15) is 5.26 Å². The number of hydrogen-bond acceptors (Lipinski definition) is 6. The van der Waals surface area contributed by atoms with Crippen molar-refractivity contribution in [3.8, 4) is 6.07 Å². The van der Waals surface area contributed by atoms with Gasteiger partial charge in [-0.05, 0) is 49.9 Å². The lowest BCUT2D eigenvalue weighted by molar-refractivity contribution is -0.117. The number of thiophene rings is 1. The van der Waals surface area contributed by atoms with Crippen LogP contribution in [0.15, 0.2) is 29.1 Å². The lowest BCUT2D eigenvalue weighted by Gasteiger charge is -2.17. The van der Waals surface area contributed by atoms with Crippen LogP contribution in [0.2, 0.25) is 0 Å². The van der Waals surface area contributed by atoms with Gasteiger partial charge in [-0.15, -0.1) is 11.3 Å². The second kappa shape index (κ2) is 8.38. The molecule has 2 aromatic heterocycles. The molecule has 1 atom stereocenters. The van der Waals surface area contributed by atoms with Crippen molar-refractivity contribution in [1.82, 2.24) is 14.9 Å². The number of aromatic nitrogens is 2. The molecule has 0 spiro atoms. The number of nitrogens with one attached hydrogen (secondary N) is 2. The number of nitriles is 1. The molecule has 4 rings (SSSR count). The molecular weight excluding hydrogens is 398 g/mol. The van der Waals surface area contributed by atoms with Gasteiger partial charge in [0.1, 0.15) is 16.9 Å². The Morgan fingerprint density at radius 2 is 2.23 bits per heavy atom. The number of carbonyl (C=O) groups excluding carboxylic acids is 1. The van der Waals surface area contributed by atoms with Crippen LogP contribution in [0.3, 0.4) is 0 Å². The number of fused-ring (bicyclic) bond motifs is 2. The van der Waals surface area contributed by atoms with Gasteiger partial charge in [-0.3, -0.25) is 14.5 Å². The standard InChI is InChI=1S/C22H23N5O2S/c1-13-7-8-14-16(10-23)22(30-18(14)9-13)26-20(28)12-27(2)11-19-24-17-6-4-3-5-15(17)21(29)25-19/h3-6,13H,7-9,11-12H2,1-2H3,(H,26,28)(H,24,25,29)/t13-/m1/s1. The molecule has 30 heavy (non-hydrogen) atoms. The van der Waals surface area contributed by atoms with E-state index in [-0.39, 0.29) is 18.0 Å². The number of para-hydroxylation sites is 1. The number of aromatic amines is 1. The summed E-state index contributed by atoms with van der Waals surface area (Å²) in [5.74, 6) is 0.921. The summed E-state index contributed by atoms with van der Waals surface area (Å²) in [6.45, 7) is 2.67. The molecule has 7 nitrogen and oxygen atoms in total. The van der Waals surface area contributed by atoms with E-state index in [1.807, 2.05) is 6.07 Å². The molecule has 8 heteroatoms. The summed E-state index contributed by atoms with van der Waals surface area (Å²) >= 11 is 1.52. The predicted octanol–water partition coefficient (Wildman–Crippen LogP) is 3.05. The molecule has 0 saturated carbocycles. The van der Waals surface area contributed by atoms with E-state index in [1.54, 1.807) is 30.1 Å². The number of H-pyrrole nitrogens is 1. The molecule has 0 bridgehead atoms. The first-order chi connectivity index (χ1) is 14.4. The third-order valence-electron chi connectivity index (χ3n) is 5.37. The van der Waals surface area contributed by atoms with Crippen molar-refractivity contribution in [2.24, 2.45) is 5.92 Å². The first-order valence-electron chi connectivity index (χ1n) is 9.95. The minimum absolute atomic E-state index is 0.125. The third kappa shape index (κ3) is 4.13. The van der Waals surface area contributed by atoms with Gasteiger partial charge in [0.05, 0.1) is 29.6 Å². The Balaban J connectivity index is 1.44. The van der Waals surface area contributed by atoms with Crippen LogP contribution in [-0.4, -0.2) is 34.4 Å². The molecule has 1 amide bonds. The highest BCUT2D eigenvalue weighted by Gasteiger charge is 2.24. The van der Waals surface area contributed by atoms with Crippen molar-refractivity contribution in [3.63, 3.8) is 0 Å². The quantitative estimate of drug-likeness (QED) is 0.659. The van der Waals surface area contributed by atoms with E-state index < -0.39 is 0 Å². The summed E-state index contributed by atoms with van der Waals surface area (Å²) in [5, 5.41) is 13.7. The fourth-order valence-corrected chi connectivity index (χ4v) is 5.27. The molecule has 0 saturated heterocycles. The fourth-order valence-electron chi connectivity index (χ4n) is 3.89. The number of rotatable bonds is 5. The van der Waals surface area contributed by atoms with Gasteiger partial charge >= 0.3 is 0 Å². The minimum atomic E-state index is -0.191. The van der Waals surface area contributed by atoms with Gasteiger partial charge in [0.2, 0.25) is 5.91 Å². The maximum atomic E-state index is 12.6. The van der Waals surface area contributed by atoms with E-state index in [2.05, 4.69) is 28.3 Å². The highest BCUT2D eigenvalue weighted by Crippen LogP contribution is 2.39. The second-order valence-corrected chi connectivity index (χ2v) is 9.02. The van der Waals surface area contributed by atoms with Gasteiger partial charge in [0, 0.05) is 4.88 Å². The van der Waals surface area contributed by atoms with Gasteiger partial charge < -0.3 is 10.3 Å². The van der Waals surface area contributed by atoms with Gasteiger partial charge in [-0.25, -0.2) is 4.98 Å². The summed E-state index contributed by atoms with van der Waals surface area (Å²) in [6, 6.07) is 9.44. The normalized spacial score (nSPS) is 15.7. The van der Waals surface area contributed by atoms with Crippen LogP contribution in [0, 0.1) is 17.2 Å². The average molecular weight is 422 g/mol. The minimum Gasteiger partial charge on any atom is -0.315 e. The number of nitrogens with zero attached hydrogens (tertiary/aromatic N) is 3. The maximum Gasteiger partial charge on any atom is 0.258 e. The lowest BCUT2D eigenvalue weighted by atomic mass is 9.89. The summed E-state index contributed by atoms with van der Waals surface area (Å²) in [5.41, 5.74) is 2.15. The van der Waals surface area contributed by atoms with E-state index in [4.69, 9.17) is 0 Å². The fraction of sp³-hybridized carbons (Fsp3) is 0.364. The zero-order chi connectivity index (χ0) is 21.3. The van der Waals surface area contributed by atoms with Crippen LogP contribution in [0.4, 0.5) is 5.00 Å². The van der Waals surface area contributed by atoms with Crippen LogP contribution in [0.25, 0.3) is 10.9 Å². The molecule has 0 unspecified atom stereocenters. The van der Waals surface area contributed by atoms with E-state index in [1.165, 1.54) is 16.2 Å². The number of amides is 1. The molecule has 1 aliphatic carbocycles. The summed E-state index contributed by atoms with van der Waals surface area (Å²) in [4.78, 5) is 35.1. The SMILES string of the molecule is C[C@@H]1CCc2c(sc(NC(=O)CN(C)Cc3nc4ccccc4c(=O)[nH]3)c2C#N)C1. The average Bonchev–Trinajstić information content (AvgIpc) is 3.03. The highest BCUT2D eigenvalue weighted by atomic mass is 32.1. The molecule has 1 aromatic carbocycles. The first-order valence-corrected chi connectivity index (χ1v) is 10.8. The molecule has 1 aliphatic rings. The number of anilines is 1. The van der Waals surface area contributed by atoms with Gasteiger partial charge in [-0.1, -0.05) is 19.1 Å². The van der Waals surface area contributed by atoms with Crippen molar-refractivity contribution in [2.45, 2.75) is 32.7 Å². The first kappa shape index (κ1) is 20.3. The molecule has 0 aliphatic heterocycles. The van der Waals surface area contributed by atoms with Crippen LogP contribution < -0.4 is 10.9 Å². The molecule has 154 valence electrons. The Morgan fingerprint density at radius 3 is 3.03 bits per heavy atom. The Morgan fingerprint density at radius 1 is 1.43 bits per heavy atom. The Bertz CT molecular complexity index is 1210. The monoisotopic (exact) mass is 421 g/mol. The number of hydrogen-bond donors (Lipinski definition) is 2. The predicted molar refractivity (Wildman–Crippen MR) is 118 cm³/mol. The van der Waals surface area contributed by atoms with Gasteiger partial charge in [0.25, 0.3) is 5.56 Å². The molecule has 0 radical (unpaired) electrons. The number of carbonyl (C=O) groups is 1. The zero-order valence-electron chi connectivity index (χ0n) is 17.0. The van der Waals surface area contributed by atoms with Crippen LogP contribution in [-0.2, 0) is 24.2 Å². The highest BCUT2D eigenvalue weighted by molar-refractivity contribution is 7.16. The topological polar surface area (TPSA) is 102 Å². The maximum absolute atomic E-state index is 12.6. The summed E-state index contributed by atoms with van der Waals surface area (Å²) in [6.07, 6.45) is 2.93. The van der Waals surface area contributed by atoms with E-state index in [0.29, 0.717) is 39.8 Å². The van der Waals surface area contributed by atoms with Crippen LogP contribution >= 0.6 is 11.3 Å². The smallest absolute Gasteiger partial charge is 0.258 e. The summed E-state index contributed by atoms with van der Waals surface area (Å²) in [7, 11) is 1.79.